The fourth-order valence-corrected chi connectivity index (χ4v) is 3.31. The van der Waals surface area contributed by atoms with Crippen molar-refractivity contribution in [1.29, 1.82) is 0 Å². The van der Waals surface area contributed by atoms with Crippen LogP contribution in [0.3, 0.4) is 0 Å². The van der Waals surface area contributed by atoms with Crippen LogP contribution >= 0.6 is 24.0 Å². The Morgan fingerprint density at radius 2 is 1.93 bits per heavy atom. The number of guanidine groups is 1. The summed E-state index contributed by atoms with van der Waals surface area (Å²) >= 11 is 0. The Labute approximate surface area is 189 Å². The molecule has 0 aromatic heterocycles. The second-order valence-electron chi connectivity index (χ2n) is 7.03. The third-order valence-corrected chi connectivity index (χ3v) is 5.06. The van der Waals surface area contributed by atoms with Crippen LogP contribution in [-0.2, 0) is 11.3 Å². The van der Waals surface area contributed by atoms with E-state index in [2.05, 4.69) is 44.8 Å². The number of morpholine rings is 1. The first kappa shape index (κ1) is 23.4. The van der Waals surface area contributed by atoms with Gasteiger partial charge in [-0.3, -0.25) is 4.99 Å². The van der Waals surface area contributed by atoms with Crippen LogP contribution in [0.2, 0.25) is 0 Å². The molecule has 0 spiro atoms. The normalized spacial score (nSPS) is 15.4. The lowest BCUT2D eigenvalue weighted by molar-refractivity contribution is 0.122. The van der Waals surface area contributed by atoms with Crippen molar-refractivity contribution in [2.24, 2.45) is 4.99 Å². The molecule has 1 heterocycles. The van der Waals surface area contributed by atoms with Crippen molar-refractivity contribution in [3.05, 3.63) is 65.0 Å². The summed E-state index contributed by atoms with van der Waals surface area (Å²) in [4.78, 5) is 6.67. The van der Waals surface area contributed by atoms with E-state index in [1.54, 1.807) is 26.1 Å². The van der Waals surface area contributed by atoms with E-state index in [9.17, 15) is 4.39 Å². The van der Waals surface area contributed by atoms with Gasteiger partial charge >= 0.3 is 0 Å². The number of para-hydroxylation sites is 1. The molecule has 5 nitrogen and oxygen atoms in total. The van der Waals surface area contributed by atoms with Gasteiger partial charge in [-0.1, -0.05) is 30.3 Å². The standard InChI is InChI=1S/C22H29FN4O.HI/c1-16-8-9-18(14-20(16)23)17(2)26-22(24-3)25-15-19-6-4-5-7-21(19)27-10-12-28-13-11-27;/h4-9,14,17H,10-13,15H2,1-3H3,(H2,24,25,26);1H. The van der Waals surface area contributed by atoms with Crippen LogP contribution in [0.1, 0.15) is 29.7 Å². The summed E-state index contributed by atoms with van der Waals surface area (Å²) in [6, 6.07) is 13.7. The minimum atomic E-state index is -0.187. The number of nitrogens with one attached hydrogen (secondary N) is 2. The average molecular weight is 512 g/mol. The van der Waals surface area contributed by atoms with Crippen molar-refractivity contribution in [2.45, 2.75) is 26.4 Å². The predicted molar refractivity (Wildman–Crippen MR) is 128 cm³/mol. The van der Waals surface area contributed by atoms with Crippen LogP contribution in [0.4, 0.5) is 10.1 Å². The molecule has 1 atom stereocenters. The van der Waals surface area contributed by atoms with Crippen LogP contribution in [0, 0.1) is 12.7 Å². The minimum absolute atomic E-state index is 0. The molecule has 0 radical (unpaired) electrons. The van der Waals surface area contributed by atoms with Gasteiger partial charge in [-0.25, -0.2) is 4.39 Å². The second kappa shape index (κ2) is 11.3. The van der Waals surface area contributed by atoms with E-state index in [-0.39, 0.29) is 35.8 Å². The summed E-state index contributed by atoms with van der Waals surface area (Å²) in [5.41, 5.74) is 3.97. The van der Waals surface area contributed by atoms with Crippen LogP contribution in [0.5, 0.6) is 0 Å². The van der Waals surface area contributed by atoms with E-state index in [0.29, 0.717) is 18.1 Å². The van der Waals surface area contributed by atoms with Gasteiger partial charge in [0.05, 0.1) is 19.3 Å². The largest absolute Gasteiger partial charge is 0.378 e. The van der Waals surface area contributed by atoms with Gasteiger partial charge in [0.1, 0.15) is 5.82 Å². The summed E-state index contributed by atoms with van der Waals surface area (Å²) in [6.07, 6.45) is 0. The third-order valence-electron chi connectivity index (χ3n) is 5.06. The number of aryl methyl sites for hydroxylation is 1. The SMILES string of the molecule is CN=C(NCc1ccccc1N1CCOCC1)NC(C)c1ccc(C)c(F)c1.I. The molecular formula is C22H30FIN4O. The lowest BCUT2D eigenvalue weighted by Gasteiger charge is -2.30. The van der Waals surface area contributed by atoms with Crippen molar-refractivity contribution in [1.82, 2.24) is 10.6 Å². The first-order valence-electron chi connectivity index (χ1n) is 9.72. The topological polar surface area (TPSA) is 48.9 Å². The Hall–Kier alpha value is -1.87. The van der Waals surface area contributed by atoms with Gasteiger partial charge in [-0.2, -0.15) is 0 Å². The van der Waals surface area contributed by atoms with Crippen LogP contribution in [-0.4, -0.2) is 39.3 Å². The number of ether oxygens (including phenoxy) is 1. The quantitative estimate of drug-likeness (QED) is 0.361. The van der Waals surface area contributed by atoms with Crippen molar-refractivity contribution < 1.29 is 9.13 Å². The average Bonchev–Trinajstić information content (AvgIpc) is 2.73. The molecule has 1 aliphatic rings. The molecule has 0 saturated carbocycles. The lowest BCUT2D eigenvalue weighted by Crippen LogP contribution is -2.39. The van der Waals surface area contributed by atoms with E-state index in [1.807, 2.05) is 13.0 Å². The number of halogens is 2. The molecule has 3 rings (SSSR count). The zero-order valence-corrected chi connectivity index (χ0v) is 19.6. The molecule has 2 aromatic carbocycles. The fourth-order valence-electron chi connectivity index (χ4n) is 3.31. The number of rotatable bonds is 5. The summed E-state index contributed by atoms with van der Waals surface area (Å²) in [7, 11) is 1.74. The van der Waals surface area contributed by atoms with Crippen molar-refractivity contribution in [3.8, 4) is 0 Å². The Morgan fingerprint density at radius 3 is 2.62 bits per heavy atom. The predicted octanol–water partition coefficient (Wildman–Crippen LogP) is 4.01. The summed E-state index contributed by atoms with van der Waals surface area (Å²) in [5, 5.41) is 6.72. The lowest BCUT2D eigenvalue weighted by atomic mass is 10.1. The van der Waals surface area contributed by atoms with E-state index in [1.165, 1.54) is 11.3 Å². The second-order valence-corrected chi connectivity index (χ2v) is 7.03. The Kier molecular flexibility index (Phi) is 9.16. The highest BCUT2D eigenvalue weighted by molar-refractivity contribution is 14.0. The number of hydrogen-bond acceptors (Lipinski definition) is 3. The van der Waals surface area contributed by atoms with E-state index < -0.39 is 0 Å². The maximum absolute atomic E-state index is 13.9. The Balaban J connectivity index is 0.00000300. The number of hydrogen-bond donors (Lipinski definition) is 2. The number of aliphatic imine (C=N–C) groups is 1. The van der Waals surface area contributed by atoms with Crippen LogP contribution in [0.15, 0.2) is 47.5 Å². The molecule has 2 aromatic rings. The molecule has 7 heteroatoms. The molecular weight excluding hydrogens is 482 g/mol. The van der Waals surface area contributed by atoms with E-state index in [4.69, 9.17) is 4.74 Å². The maximum Gasteiger partial charge on any atom is 0.191 e. The van der Waals surface area contributed by atoms with Crippen LogP contribution < -0.4 is 15.5 Å². The van der Waals surface area contributed by atoms with E-state index in [0.717, 1.165) is 31.9 Å². The smallest absolute Gasteiger partial charge is 0.191 e. The summed E-state index contributed by atoms with van der Waals surface area (Å²) in [6.45, 7) is 7.75. The van der Waals surface area contributed by atoms with Crippen LogP contribution in [0.25, 0.3) is 0 Å². The van der Waals surface area contributed by atoms with Gasteiger partial charge < -0.3 is 20.3 Å². The van der Waals surface area contributed by atoms with Crippen molar-refractivity contribution >= 4 is 35.6 Å². The van der Waals surface area contributed by atoms with Gasteiger partial charge in [-0.15, -0.1) is 24.0 Å². The number of anilines is 1. The molecule has 2 N–H and O–H groups in total. The molecule has 29 heavy (non-hydrogen) atoms. The van der Waals surface area contributed by atoms with Gasteiger partial charge in [0.2, 0.25) is 0 Å². The van der Waals surface area contributed by atoms with Gasteiger partial charge in [0.25, 0.3) is 0 Å². The molecule has 1 aliphatic heterocycles. The molecule has 1 unspecified atom stereocenters. The Morgan fingerprint density at radius 1 is 1.21 bits per heavy atom. The zero-order chi connectivity index (χ0) is 19.9. The fraction of sp³-hybridized carbons (Fsp3) is 0.409. The van der Waals surface area contributed by atoms with E-state index >= 15 is 0 Å². The van der Waals surface area contributed by atoms with Crippen molar-refractivity contribution in [2.75, 3.05) is 38.3 Å². The van der Waals surface area contributed by atoms with Gasteiger partial charge in [-0.05, 0) is 42.7 Å². The first-order chi connectivity index (χ1) is 13.6. The van der Waals surface area contributed by atoms with Gasteiger partial charge in [0, 0.05) is 32.4 Å². The minimum Gasteiger partial charge on any atom is -0.378 e. The highest BCUT2D eigenvalue weighted by Crippen LogP contribution is 2.21. The summed E-state index contributed by atoms with van der Waals surface area (Å²) in [5.74, 6) is 0.499. The molecule has 0 amide bonds. The molecule has 1 saturated heterocycles. The highest BCUT2D eigenvalue weighted by Gasteiger charge is 2.15. The zero-order valence-electron chi connectivity index (χ0n) is 17.2. The molecule has 0 aliphatic carbocycles. The monoisotopic (exact) mass is 512 g/mol. The number of benzene rings is 2. The third kappa shape index (κ3) is 6.30. The Bertz CT molecular complexity index is 824. The maximum atomic E-state index is 13.9. The van der Waals surface area contributed by atoms with Gasteiger partial charge in [0.15, 0.2) is 5.96 Å². The van der Waals surface area contributed by atoms with Crippen molar-refractivity contribution in [3.63, 3.8) is 0 Å². The molecule has 158 valence electrons. The highest BCUT2D eigenvalue weighted by atomic mass is 127. The number of nitrogens with zero attached hydrogens (tertiary/aromatic N) is 2. The first-order valence-corrected chi connectivity index (χ1v) is 9.72. The summed E-state index contributed by atoms with van der Waals surface area (Å²) < 4.78 is 19.3. The molecule has 0 bridgehead atoms. The molecule has 1 fully saturated rings.